The summed E-state index contributed by atoms with van der Waals surface area (Å²) < 4.78 is 54.3. The molecule has 6 nitrogen and oxygen atoms in total. The molecule has 146 valence electrons. The highest BCUT2D eigenvalue weighted by molar-refractivity contribution is 7.90. The molecule has 0 unspecified atom stereocenters. The van der Waals surface area contributed by atoms with E-state index in [1.54, 1.807) is 4.31 Å². The Balaban J connectivity index is 1.60. The number of nitrogens with one attached hydrogen (secondary N) is 1. The van der Waals surface area contributed by atoms with E-state index >= 15 is 0 Å². The molecule has 1 N–H and O–H groups in total. The molecular formula is C18H28N2O4S2. The predicted molar refractivity (Wildman–Crippen MR) is 102 cm³/mol. The van der Waals surface area contributed by atoms with E-state index < -0.39 is 20.0 Å². The smallest absolute Gasteiger partial charge is 0.212 e. The van der Waals surface area contributed by atoms with Crippen molar-refractivity contribution in [2.75, 3.05) is 19.6 Å². The van der Waals surface area contributed by atoms with Gasteiger partial charge in [-0.15, -0.1) is 0 Å². The molecule has 1 aromatic carbocycles. The van der Waals surface area contributed by atoms with Crippen LogP contribution in [-0.4, -0.2) is 46.0 Å². The fraction of sp³-hybridized carbons (Fsp3) is 0.667. The molecule has 1 aliphatic heterocycles. The Bertz CT molecular complexity index is 859. The topological polar surface area (TPSA) is 83.6 Å². The molecule has 2 fully saturated rings. The van der Waals surface area contributed by atoms with Gasteiger partial charge in [0.1, 0.15) is 0 Å². The molecule has 0 atom stereocenters. The summed E-state index contributed by atoms with van der Waals surface area (Å²) in [5.74, 6) is 0.168. The summed E-state index contributed by atoms with van der Waals surface area (Å²) in [5, 5.41) is -0.176. The Labute approximate surface area is 157 Å². The van der Waals surface area contributed by atoms with Crippen molar-refractivity contribution >= 4 is 20.0 Å². The monoisotopic (exact) mass is 400 g/mol. The molecular weight excluding hydrogens is 372 g/mol. The first-order valence-corrected chi connectivity index (χ1v) is 12.2. The minimum absolute atomic E-state index is 0.168. The highest BCUT2D eigenvalue weighted by Gasteiger charge is 2.41. The number of hydrogen-bond acceptors (Lipinski definition) is 4. The van der Waals surface area contributed by atoms with Crippen LogP contribution in [0.25, 0.3) is 0 Å². The highest BCUT2D eigenvalue weighted by Crippen LogP contribution is 2.33. The van der Waals surface area contributed by atoms with Crippen LogP contribution < -0.4 is 4.72 Å². The van der Waals surface area contributed by atoms with Crippen molar-refractivity contribution in [3.8, 4) is 0 Å². The SMILES string of the molecule is Cc1cc(C)c(S(=O)(=O)NCC2CCN(S(=O)(=O)C3CC3)CC2)c(C)c1. The van der Waals surface area contributed by atoms with Crippen molar-refractivity contribution in [3.05, 3.63) is 28.8 Å². The second-order valence-corrected chi connectivity index (χ2v) is 11.6. The summed E-state index contributed by atoms with van der Waals surface area (Å²) in [6.45, 7) is 6.92. The standard InChI is InChI=1S/C18H28N2O4S2/c1-13-10-14(2)18(15(3)11-13)25(21,22)19-12-16-6-8-20(9-7-16)26(23,24)17-4-5-17/h10-11,16-17,19H,4-9,12H2,1-3H3. The maximum atomic E-state index is 12.7. The second-order valence-electron chi connectivity index (χ2n) is 7.67. The van der Waals surface area contributed by atoms with Crippen LogP contribution in [0.3, 0.4) is 0 Å². The predicted octanol–water partition coefficient (Wildman–Crippen LogP) is 2.09. The number of benzene rings is 1. The lowest BCUT2D eigenvalue weighted by Crippen LogP contribution is -2.42. The van der Waals surface area contributed by atoms with Crippen molar-refractivity contribution in [3.63, 3.8) is 0 Å². The Morgan fingerprint density at radius 1 is 0.962 bits per heavy atom. The Morgan fingerprint density at radius 2 is 1.50 bits per heavy atom. The molecule has 1 heterocycles. The number of aryl methyl sites for hydroxylation is 3. The molecule has 0 radical (unpaired) electrons. The summed E-state index contributed by atoms with van der Waals surface area (Å²) in [6.07, 6.45) is 2.94. The first kappa shape index (κ1) is 19.8. The van der Waals surface area contributed by atoms with Gasteiger partial charge in [0.15, 0.2) is 0 Å². The van der Waals surface area contributed by atoms with Crippen molar-refractivity contribution < 1.29 is 16.8 Å². The lowest BCUT2D eigenvalue weighted by molar-refractivity contribution is 0.274. The summed E-state index contributed by atoms with van der Waals surface area (Å²) in [4.78, 5) is 0.358. The number of nitrogens with zero attached hydrogens (tertiary/aromatic N) is 1. The van der Waals surface area contributed by atoms with Gasteiger partial charge in [0, 0.05) is 19.6 Å². The third-order valence-electron chi connectivity index (χ3n) is 5.31. The maximum absolute atomic E-state index is 12.7. The summed E-state index contributed by atoms with van der Waals surface area (Å²) >= 11 is 0. The van der Waals surface area contributed by atoms with Gasteiger partial charge in [-0.1, -0.05) is 17.7 Å². The normalized spacial score (nSPS) is 20.4. The Hall–Kier alpha value is -0.960. The van der Waals surface area contributed by atoms with Crippen LogP contribution in [0.4, 0.5) is 0 Å². The molecule has 26 heavy (non-hydrogen) atoms. The third-order valence-corrected chi connectivity index (χ3v) is 9.44. The van der Waals surface area contributed by atoms with Gasteiger partial charge < -0.3 is 0 Å². The minimum atomic E-state index is -3.56. The zero-order valence-electron chi connectivity index (χ0n) is 15.7. The summed E-state index contributed by atoms with van der Waals surface area (Å²) in [6, 6.07) is 3.76. The van der Waals surface area contributed by atoms with Crippen LogP contribution in [0, 0.1) is 26.7 Å². The van der Waals surface area contributed by atoms with Crippen LogP contribution in [0.5, 0.6) is 0 Å². The number of rotatable bonds is 6. The van der Waals surface area contributed by atoms with E-state index in [4.69, 9.17) is 0 Å². The lowest BCUT2D eigenvalue weighted by Gasteiger charge is -2.31. The average Bonchev–Trinajstić information content (AvgIpc) is 3.37. The number of sulfonamides is 2. The molecule has 8 heteroatoms. The molecule has 1 saturated carbocycles. The van der Waals surface area contributed by atoms with Crippen molar-refractivity contribution in [2.45, 2.75) is 56.6 Å². The molecule has 0 spiro atoms. The maximum Gasteiger partial charge on any atom is 0.241 e. The van der Waals surface area contributed by atoms with Crippen molar-refractivity contribution in [2.24, 2.45) is 5.92 Å². The van der Waals surface area contributed by atoms with Crippen LogP contribution >= 0.6 is 0 Å². The number of piperidine rings is 1. The quantitative estimate of drug-likeness (QED) is 0.793. The molecule has 3 rings (SSSR count). The van der Waals surface area contributed by atoms with Crippen LogP contribution in [0.1, 0.15) is 42.4 Å². The Morgan fingerprint density at radius 3 is 2.00 bits per heavy atom. The molecule has 1 aromatic rings. The third kappa shape index (κ3) is 4.13. The molecule has 1 aliphatic carbocycles. The molecule has 1 saturated heterocycles. The second kappa shape index (κ2) is 7.22. The largest absolute Gasteiger partial charge is 0.241 e. The van der Waals surface area contributed by atoms with Gasteiger partial charge >= 0.3 is 0 Å². The van der Waals surface area contributed by atoms with Gasteiger partial charge in [0.25, 0.3) is 0 Å². The molecule has 0 aromatic heterocycles. The van der Waals surface area contributed by atoms with E-state index in [9.17, 15) is 16.8 Å². The zero-order chi connectivity index (χ0) is 19.1. The molecule has 2 aliphatic rings. The summed E-state index contributed by atoms with van der Waals surface area (Å²) in [7, 11) is -6.68. The van der Waals surface area contributed by atoms with Gasteiger partial charge in [-0.25, -0.2) is 25.9 Å². The van der Waals surface area contributed by atoms with E-state index in [2.05, 4.69) is 4.72 Å². The zero-order valence-corrected chi connectivity index (χ0v) is 17.3. The Kier molecular flexibility index (Phi) is 5.50. The average molecular weight is 401 g/mol. The summed E-state index contributed by atoms with van der Waals surface area (Å²) in [5.41, 5.74) is 2.55. The van der Waals surface area contributed by atoms with Crippen molar-refractivity contribution in [1.82, 2.24) is 9.03 Å². The fourth-order valence-corrected chi connectivity index (χ4v) is 7.27. The van der Waals surface area contributed by atoms with Gasteiger partial charge in [0.2, 0.25) is 20.0 Å². The van der Waals surface area contributed by atoms with Gasteiger partial charge in [-0.3, -0.25) is 0 Å². The van der Waals surface area contributed by atoms with Crippen LogP contribution in [-0.2, 0) is 20.0 Å². The van der Waals surface area contributed by atoms with Gasteiger partial charge in [0.05, 0.1) is 10.1 Å². The van der Waals surface area contributed by atoms with Crippen molar-refractivity contribution in [1.29, 1.82) is 0 Å². The first-order valence-electron chi connectivity index (χ1n) is 9.18. The van der Waals surface area contributed by atoms with E-state index in [0.717, 1.165) is 29.5 Å². The van der Waals surface area contributed by atoms with E-state index in [1.165, 1.54) is 0 Å². The van der Waals surface area contributed by atoms with Crippen LogP contribution in [0.15, 0.2) is 17.0 Å². The van der Waals surface area contributed by atoms with Gasteiger partial charge in [-0.05, 0) is 63.5 Å². The fourth-order valence-electron chi connectivity index (χ4n) is 3.83. The lowest BCUT2D eigenvalue weighted by atomic mass is 9.99. The minimum Gasteiger partial charge on any atom is -0.212 e. The van der Waals surface area contributed by atoms with Gasteiger partial charge in [-0.2, -0.15) is 0 Å². The number of hydrogen-bond donors (Lipinski definition) is 1. The van der Waals surface area contributed by atoms with Crippen LogP contribution in [0.2, 0.25) is 0 Å². The molecule has 0 bridgehead atoms. The van der Waals surface area contributed by atoms with E-state index in [0.29, 0.717) is 37.4 Å². The van der Waals surface area contributed by atoms with E-state index in [-0.39, 0.29) is 11.2 Å². The van der Waals surface area contributed by atoms with E-state index in [1.807, 2.05) is 32.9 Å². The highest BCUT2D eigenvalue weighted by atomic mass is 32.2. The molecule has 0 amide bonds. The first-order chi connectivity index (χ1) is 12.1.